The summed E-state index contributed by atoms with van der Waals surface area (Å²) < 4.78 is 5.35. The van der Waals surface area contributed by atoms with Crippen molar-refractivity contribution in [2.24, 2.45) is 0 Å². The number of hydrogen-bond donors (Lipinski definition) is 0. The van der Waals surface area contributed by atoms with Gasteiger partial charge in [0.2, 0.25) is 5.89 Å². The van der Waals surface area contributed by atoms with E-state index in [1.807, 2.05) is 6.92 Å². The molecule has 2 aromatic heterocycles. The van der Waals surface area contributed by atoms with Crippen LogP contribution in [-0.2, 0) is 12.0 Å². The molecule has 0 aromatic carbocycles. The van der Waals surface area contributed by atoms with Gasteiger partial charge in [-0.1, -0.05) is 25.9 Å². The number of piperidine rings is 1. The molecule has 6 heteroatoms. The van der Waals surface area contributed by atoms with Crippen LogP contribution in [0.5, 0.6) is 0 Å². The van der Waals surface area contributed by atoms with Gasteiger partial charge in [0.15, 0.2) is 5.82 Å². The molecule has 0 saturated carbocycles. The van der Waals surface area contributed by atoms with Gasteiger partial charge in [-0.05, 0) is 26.3 Å². The molecule has 2 aromatic rings. The van der Waals surface area contributed by atoms with E-state index < -0.39 is 0 Å². The second-order valence-electron chi connectivity index (χ2n) is 7.15. The monoisotopic (exact) mass is 320 g/mol. The largest absolute Gasteiger partial charge is 0.339 e. The zero-order chi connectivity index (χ0) is 15.7. The predicted octanol–water partition coefficient (Wildman–Crippen LogP) is 3.51. The van der Waals surface area contributed by atoms with Crippen LogP contribution >= 0.6 is 11.3 Å². The summed E-state index contributed by atoms with van der Waals surface area (Å²) in [6.07, 6.45) is 2.30. The zero-order valence-corrected chi connectivity index (χ0v) is 14.6. The molecular weight excluding hydrogens is 296 g/mol. The molecule has 0 radical (unpaired) electrons. The van der Waals surface area contributed by atoms with Crippen molar-refractivity contribution >= 4 is 11.3 Å². The summed E-state index contributed by atoms with van der Waals surface area (Å²) in [6, 6.07) is 0. The van der Waals surface area contributed by atoms with E-state index in [4.69, 9.17) is 9.51 Å². The Morgan fingerprint density at radius 2 is 2.18 bits per heavy atom. The second kappa shape index (κ2) is 6.08. The fraction of sp³-hybridized carbons (Fsp3) is 0.688. The van der Waals surface area contributed by atoms with Crippen LogP contribution in [0.25, 0.3) is 0 Å². The second-order valence-corrected chi connectivity index (χ2v) is 8.01. The highest BCUT2D eigenvalue weighted by Gasteiger charge is 2.26. The maximum atomic E-state index is 5.35. The normalized spacial score (nSPS) is 20.5. The van der Waals surface area contributed by atoms with Gasteiger partial charge < -0.3 is 4.52 Å². The number of hydrogen-bond acceptors (Lipinski definition) is 6. The summed E-state index contributed by atoms with van der Waals surface area (Å²) >= 11 is 1.77. The summed E-state index contributed by atoms with van der Waals surface area (Å²) in [6.45, 7) is 11.5. The fourth-order valence-electron chi connectivity index (χ4n) is 2.83. The lowest BCUT2D eigenvalue weighted by Gasteiger charge is -2.30. The first-order valence-electron chi connectivity index (χ1n) is 7.89. The minimum absolute atomic E-state index is 0.134. The molecule has 1 saturated heterocycles. The third-order valence-corrected chi connectivity index (χ3v) is 5.29. The van der Waals surface area contributed by atoms with Gasteiger partial charge in [-0.3, -0.25) is 4.90 Å². The molecule has 22 heavy (non-hydrogen) atoms. The van der Waals surface area contributed by atoms with Crippen molar-refractivity contribution < 1.29 is 4.52 Å². The fourth-order valence-corrected chi connectivity index (χ4v) is 3.73. The van der Waals surface area contributed by atoms with Gasteiger partial charge in [-0.2, -0.15) is 4.98 Å². The summed E-state index contributed by atoms with van der Waals surface area (Å²) in [5, 5.41) is 7.32. The summed E-state index contributed by atoms with van der Waals surface area (Å²) in [4.78, 5) is 11.7. The summed E-state index contributed by atoms with van der Waals surface area (Å²) in [7, 11) is 0. The van der Waals surface area contributed by atoms with Crippen LogP contribution in [-0.4, -0.2) is 33.1 Å². The van der Waals surface area contributed by atoms with Crippen molar-refractivity contribution in [1.29, 1.82) is 0 Å². The van der Waals surface area contributed by atoms with Gasteiger partial charge in [-0.15, -0.1) is 11.3 Å². The molecule has 3 rings (SSSR count). The first-order valence-corrected chi connectivity index (χ1v) is 8.77. The molecule has 0 unspecified atom stereocenters. The predicted molar refractivity (Wildman–Crippen MR) is 87.1 cm³/mol. The van der Waals surface area contributed by atoms with Crippen molar-refractivity contribution in [2.45, 2.75) is 58.4 Å². The Balaban J connectivity index is 1.64. The average molecular weight is 320 g/mol. The van der Waals surface area contributed by atoms with Gasteiger partial charge in [0, 0.05) is 23.9 Å². The highest BCUT2D eigenvalue weighted by Crippen LogP contribution is 2.29. The number of nitrogens with zero attached hydrogens (tertiary/aromatic N) is 4. The Hall–Kier alpha value is -1.27. The van der Waals surface area contributed by atoms with E-state index in [1.54, 1.807) is 11.3 Å². The van der Waals surface area contributed by atoms with Crippen molar-refractivity contribution in [3.8, 4) is 0 Å². The molecule has 0 N–H and O–H groups in total. The van der Waals surface area contributed by atoms with Gasteiger partial charge in [0.1, 0.15) is 0 Å². The summed E-state index contributed by atoms with van der Waals surface area (Å²) in [5.74, 6) is 1.87. The van der Waals surface area contributed by atoms with Crippen LogP contribution in [0.4, 0.5) is 0 Å². The quantitative estimate of drug-likeness (QED) is 0.866. The molecule has 5 nitrogen and oxygen atoms in total. The van der Waals surface area contributed by atoms with Crippen molar-refractivity contribution in [1.82, 2.24) is 20.0 Å². The van der Waals surface area contributed by atoms with Gasteiger partial charge in [-0.25, -0.2) is 4.98 Å². The molecule has 1 fully saturated rings. The van der Waals surface area contributed by atoms with Crippen molar-refractivity contribution in [3.63, 3.8) is 0 Å². The van der Waals surface area contributed by atoms with Crippen LogP contribution in [0.15, 0.2) is 9.90 Å². The summed E-state index contributed by atoms with van der Waals surface area (Å²) in [5.41, 5.74) is 1.31. The molecule has 0 amide bonds. The minimum atomic E-state index is 0.134. The van der Waals surface area contributed by atoms with E-state index >= 15 is 0 Å². The SMILES string of the molecule is Cc1noc([C@H]2CCCN(Cc3csc(C(C)(C)C)n3)C2)n1. The molecule has 0 bridgehead atoms. The van der Waals surface area contributed by atoms with Crippen LogP contribution in [0.1, 0.15) is 61.9 Å². The third kappa shape index (κ3) is 3.55. The standard InChI is InChI=1S/C16H24N4OS/c1-11-17-14(21-19-11)12-6-5-7-20(8-12)9-13-10-22-15(18-13)16(2,3)4/h10,12H,5-9H2,1-4H3/t12-/m0/s1. The smallest absolute Gasteiger partial charge is 0.231 e. The third-order valence-electron chi connectivity index (χ3n) is 3.98. The minimum Gasteiger partial charge on any atom is -0.339 e. The molecule has 1 aliphatic heterocycles. The average Bonchev–Trinajstić information content (AvgIpc) is 3.08. The Morgan fingerprint density at radius 3 is 2.82 bits per heavy atom. The van der Waals surface area contributed by atoms with Gasteiger partial charge >= 0.3 is 0 Å². The molecule has 1 aliphatic rings. The van der Waals surface area contributed by atoms with Crippen LogP contribution in [0.2, 0.25) is 0 Å². The van der Waals surface area contributed by atoms with E-state index in [1.165, 1.54) is 17.1 Å². The Kier molecular flexibility index (Phi) is 4.32. The molecule has 120 valence electrons. The maximum absolute atomic E-state index is 5.35. The lowest BCUT2D eigenvalue weighted by Crippen LogP contribution is -2.34. The zero-order valence-electron chi connectivity index (χ0n) is 13.8. The first kappa shape index (κ1) is 15.6. The topological polar surface area (TPSA) is 55.1 Å². The van der Waals surface area contributed by atoms with Crippen LogP contribution in [0.3, 0.4) is 0 Å². The Bertz CT molecular complexity index is 628. The van der Waals surface area contributed by atoms with E-state index in [0.717, 1.165) is 37.8 Å². The molecular formula is C16H24N4OS. The number of rotatable bonds is 3. The Morgan fingerprint density at radius 1 is 1.36 bits per heavy atom. The maximum Gasteiger partial charge on any atom is 0.231 e. The molecule has 0 spiro atoms. The highest BCUT2D eigenvalue weighted by atomic mass is 32.1. The molecule has 0 aliphatic carbocycles. The van der Waals surface area contributed by atoms with Gasteiger partial charge in [0.05, 0.1) is 16.6 Å². The lowest BCUT2D eigenvalue weighted by molar-refractivity contribution is 0.178. The Labute approximate surface area is 135 Å². The van der Waals surface area contributed by atoms with Crippen molar-refractivity contribution in [3.05, 3.63) is 27.8 Å². The van der Waals surface area contributed by atoms with Gasteiger partial charge in [0.25, 0.3) is 0 Å². The number of aryl methyl sites for hydroxylation is 1. The van der Waals surface area contributed by atoms with Crippen molar-refractivity contribution in [2.75, 3.05) is 13.1 Å². The van der Waals surface area contributed by atoms with E-state index in [0.29, 0.717) is 5.92 Å². The highest BCUT2D eigenvalue weighted by molar-refractivity contribution is 7.09. The number of thiazole rings is 1. The number of likely N-dealkylation sites (tertiary alicyclic amines) is 1. The number of aromatic nitrogens is 3. The van der Waals surface area contributed by atoms with E-state index in [9.17, 15) is 0 Å². The van der Waals surface area contributed by atoms with Crippen LogP contribution < -0.4 is 0 Å². The van der Waals surface area contributed by atoms with E-state index in [2.05, 4.69) is 41.2 Å². The first-order chi connectivity index (χ1) is 10.4. The molecule has 3 heterocycles. The van der Waals surface area contributed by atoms with Crippen LogP contribution in [0, 0.1) is 6.92 Å². The van der Waals surface area contributed by atoms with E-state index in [-0.39, 0.29) is 5.41 Å². The molecule has 1 atom stereocenters. The lowest BCUT2D eigenvalue weighted by atomic mass is 9.97.